The third kappa shape index (κ3) is 4.41. The summed E-state index contributed by atoms with van der Waals surface area (Å²) in [7, 11) is 0. The van der Waals surface area contributed by atoms with Gasteiger partial charge in [0.2, 0.25) is 11.7 Å². The summed E-state index contributed by atoms with van der Waals surface area (Å²) in [6.07, 6.45) is 3.01. The number of nitrogens with one attached hydrogen (secondary N) is 1. The topological polar surface area (TPSA) is 81.3 Å². The molecule has 0 unspecified atom stereocenters. The molecule has 7 nitrogen and oxygen atoms in total. The molecule has 0 saturated carbocycles. The molecule has 1 N–H and O–H groups in total. The average molecular weight is 450 g/mol. The molecule has 0 fully saturated rings. The number of unbranched alkanes of at least 4 members (excludes halogenated alkanes) is 2. The zero-order valence-electron chi connectivity index (χ0n) is 18.6. The van der Waals surface area contributed by atoms with E-state index in [2.05, 4.69) is 22.4 Å². The molecular formula is C24H27N5O2S. The van der Waals surface area contributed by atoms with Crippen molar-refractivity contribution in [1.29, 1.82) is 0 Å². The minimum absolute atomic E-state index is 0.0549. The van der Waals surface area contributed by atoms with Crippen molar-refractivity contribution < 1.29 is 4.79 Å². The summed E-state index contributed by atoms with van der Waals surface area (Å²) in [5.41, 5.74) is 3.69. The average Bonchev–Trinajstić information content (AvgIpc) is 3.20. The van der Waals surface area contributed by atoms with Gasteiger partial charge in [0.15, 0.2) is 5.16 Å². The maximum Gasteiger partial charge on any atom is 0.262 e. The molecule has 0 atom stereocenters. The molecule has 0 aliphatic rings. The molecule has 0 saturated heterocycles. The Morgan fingerprint density at radius 1 is 1.09 bits per heavy atom. The van der Waals surface area contributed by atoms with Crippen LogP contribution in [-0.2, 0) is 11.3 Å². The van der Waals surface area contributed by atoms with Crippen molar-refractivity contribution in [3.63, 3.8) is 0 Å². The Kier molecular flexibility index (Phi) is 6.60. The first-order valence-corrected chi connectivity index (χ1v) is 11.8. The zero-order chi connectivity index (χ0) is 22.7. The fourth-order valence-electron chi connectivity index (χ4n) is 3.82. The third-order valence-electron chi connectivity index (χ3n) is 5.45. The highest BCUT2D eigenvalue weighted by atomic mass is 32.2. The van der Waals surface area contributed by atoms with Crippen LogP contribution in [0.2, 0.25) is 0 Å². The molecular weight excluding hydrogens is 422 g/mol. The third-order valence-corrected chi connectivity index (χ3v) is 6.38. The van der Waals surface area contributed by atoms with Gasteiger partial charge in [-0.05, 0) is 44.0 Å². The van der Waals surface area contributed by atoms with Crippen LogP contribution in [0.5, 0.6) is 0 Å². The van der Waals surface area contributed by atoms with Crippen LogP contribution in [0, 0.1) is 13.8 Å². The minimum Gasteiger partial charge on any atom is -0.325 e. The summed E-state index contributed by atoms with van der Waals surface area (Å²) in [6.45, 7) is 6.73. The van der Waals surface area contributed by atoms with E-state index >= 15 is 0 Å². The lowest BCUT2D eigenvalue weighted by molar-refractivity contribution is -0.113. The molecule has 4 aromatic rings. The minimum atomic E-state index is -0.112. The Morgan fingerprint density at radius 2 is 1.91 bits per heavy atom. The van der Waals surface area contributed by atoms with E-state index in [1.54, 1.807) is 4.57 Å². The first kappa shape index (κ1) is 22.1. The number of thioether (sulfide) groups is 1. The monoisotopic (exact) mass is 449 g/mol. The summed E-state index contributed by atoms with van der Waals surface area (Å²) in [6, 6.07) is 13.4. The highest BCUT2D eigenvalue weighted by Gasteiger charge is 2.17. The van der Waals surface area contributed by atoms with Gasteiger partial charge in [0, 0.05) is 12.2 Å². The van der Waals surface area contributed by atoms with E-state index in [1.165, 1.54) is 11.8 Å². The van der Waals surface area contributed by atoms with Crippen molar-refractivity contribution in [3.8, 4) is 0 Å². The van der Waals surface area contributed by atoms with Gasteiger partial charge < -0.3 is 5.32 Å². The van der Waals surface area contributed by atoms with Crippen LogP contribution in [0.1, 0.15) is 37.3 Å². The van der Waals surface area contributed by atoms with Gasteiger partial charge in [0.05, 0.1) is 16.7 Å². The van der Waals surface area contributed by atoms with E-state index in [4.69, 9.17) is 0 Å². The standard InChI is InChI=1S/C24H27N5O2S/c1-4-5-8-13-28-22(31)18-9-6-7-10-20(18)29-23(28)26-27-24(29)32-15-21(30)25-19-12-11-16(2)14-17(19)3/h6-7,9-12,14H,4-5,8,13,15H2,1-3H3,(H,25,30). The maximum absolute atomic E-state index is 13.1. The van der Waals surface area contributed by atoms with Crippen LogP contribution in [-0.4, -0.2) is 30.8 Å². The number of aromatic nitrogens is 4. The summed E-state index contributed by atoms with van der Waals surface area (Å²) in [4.78, 5) is 25.7. The van der Waals surface area contributed by atoms with Crippen LogP contribution in [0.15, 0.2) is 52.4 Å². The number of fused-ring (bicyclic) bond motifs is 3. The summed E-state index contributed by atoms with van der Waals surface area (Å²) < 4.78 is 3.59. The number of anilines is 1. The van der Waals surface area contributed by atoms with Crippen LogP contribution < -0.4 is 10.9 Å². The van der Waals surface area contributed by atoms with Crippen molar-refractivity contribution in [2.45, 2.75) is 51.7 Å². The molecule has 166 valence electrons. The number of para-hydroxylation sites is 1. The highest BCUT2D eigenvalue weighted by molar-refractivity contribution is 7.99. The van der Waals surface area contributed by atoms with E-state index in [1.807, 2.05) is 60.7 Å². The molecule has 0 spiro atoms. The molecule has 2 heterocycles. The second-order valence-corrected chi connectivity index (χ2v) is 8.90. The van der Waals surface area contributed by atoms with Gasteiger partial charge in [-0.1, -0.05) is 61.4 Å². The quantitative estimate of drug-likeness (QED) is 0.314. The lowest BCUT2D eigenvalue weighted by atomic mass is 10.1. The predicted molar refractivity (Wildman–Crippen MR) is 130 cm³/mol. The van der Waals surface area contributed by atoms with Crippen LogP contribution >= 0.6 is 11.8 Å². The molecule has 2 aromatic heterocycles. The SMILES string of the molecule is CCCCCn1c(=O)c2ccccc2n2c(SCC(=O)Nc3ccc(C)cc3C)nnc12. The molecule has 0 radical (unpaired) electrons. The second kappa shape index (κ2) is 9.56. The predicted octanol–water partition coefficient (Wildman–Crippen LogP) is 4.58. The molecule has 32 heavy (non-hydrogen) atoms. The molecule has 8 heteroatoms. The number of hydrogen-bond acceptors (Lipinski definition) is 5. The van der Waals surface area contributed by atoms with Crippen molar-refractivity contribution in [2.24, 2.45) is 0 Å². The number of hydrogen-bond donors (Lipinski definition) is 1. The Labute approximate surface area is 190 Å². The number of carbonyl (C=O) groups is 1. The maximum atomic E-state index is 13.1. The van der Waals surface area contributed by atoms with Gasteiger partial charge in [0.1, 0.15) is 0 Å². The molecule has 2 aromatic carbocycles. The summed E-state index contributed by atoms with van der Waals surface area (Å²) in [5.74, 6) is 0.596. The van der Waals surface area contributed by atoms with Crippen LogP contribution in [0.4, 0.5) is 5.69 Å². The van der Waals surface area contributed by atoms with Crippen molar-refractivity contribution in [2.75, 3.05) is 11.1 Å². The van der Waals surface area contributed by atoms with Crippen LogP contribution in [0.3, 0.4) is 0 Å². The Balaban J connectivity index is 1.63. The lowest BCUT2D eigenvalue weighted by Crippen LogP contribution is -2.23. The number of carbonyl (C=O) groups excluding carboxylic acids is 1. The van der Waals surface area contributed by atoms with Crippen LogP contribution in [0.25, 0.3) is 16.7 Å². The van der Waals surface area contributed by atoms with E-state index in [0.717, 1.165) is 41.6 Å². The number of rotatable bonds is 8. The Morgan fingerprint density at radius 3 is 2.69 bits per heavy atom. The number of nitrogens with zero attached hydrogens (tertiary/aromatic N) is 4. The molecule has 1 amide bonds. The van der Waals surface area contributed by atoms with Gasteiger partial charge >= 0.3 is 0 Å². The van der Waals surface area contributed by atoms with Gasteiger partial charge in [-0.15, -0.1) is 10.2 Å². The van der Waals surface area contributed by atoms with Gasteiger partial charge in [-0.2, -0.15) is 0 Å². The molecule has 0 bridgehead atoms. The summed E-state index contributed by atoms with van der Waals surface area (Å²) >= 11 is 1.31. The van der Waals surface area contributed by atoms with Gasteiger partial charge in [-0.3, -0.25) is 18.6 Å². The highest BCUT2D eigenvalue weighted by Crippen LogP contribution is 2.23. The van der Waals surface area contributed by atoms with Crippen molar-refractivity contribution in [3.05, 3.63) is 63.9 Å². The second-order valence-electron chi connectivity index (χ2n) is 7.95. The van der Waals surface area contributed by atoms with E-state index in [-0.39, 0.29) is 17.2 Å². The van der Waals surface area contributed by atoms with Crippen molar-refractivity contribution >= 4 is 40.0 Å². The Bertz CT molecular complexity index is 1340. The first-order valence-electron chi connectivity index (χ1n) is 10.9. The smallest absolute Gasteiger partial charge is 0.262 e. The van der Waals surface area contributed by atoms with E-state index in [0.29, 0.717) is 22.9 Å². The molecule has 4 rings (SSSR count). The van der Waals surface area contributed by atoms with Gasteiger partial charge in [-0.25, -0.2) is 0 Å². The van der Waals surface area contributed by atoms with E-state index in [9.17, 15) is 9.59 Å². The first-order chi connectivity index (χ1) is 15.5. The number of benzene rings is 2. The number of aryl methyl sites for hydroxylation is 3. The molecule has 0 aliphatic carbocycles. The van der Waals surface area contributed by atoms with Gasteiger partial charge in [0.25, 0.3) is 5.56 Å². The number of amides is 1. The Hall–Kier alpha value is -3.13. The molecule has 0 aliphatic heterocycles. The van der Waals surface area contributed by atoms with Crippen molar-refractivity contribution in [1.82, 2.24) is 19.2 Å². The van der Waals surface area contributed by atoms with E-state index < -0.39 is 0 Å². The largest absolute Gasteiger partial charge is 0.325 e. The fourth-order valence-corrected chi connectivity index (χ4v) is 4.56. The zero-order valence-corrected chi connectivity index (χ0v) is 19.4. The summed E-state index contributed by atoms with van der Waals surface area (Å²) in [5, 5.41) is 12.8. The normalized spacial score (nSPS) is 11.3. The fraction of sp³-hybridized carbons (Fsp3) is 0.333. The lowest BCUT2D eigenvalue weighted by Gasteiger charge is -2.11.